The number of thioether (sulfide) groups is 1. The Morgan fingerprint density at radius 1 is 1.15 bits per heavy atom. The number of hydrogen-bond donors (Lipinski definition) is 0. The number of aryl methyl sites for hydroxylation is 1. The number of ketones is 1. The Morgan fingerprint density at radius 2 is 1.85 bits per heavy atom. The molecule has 0 N–H and O–H groups in total. The first-order valence-corrected chi connectivity index (χ1v) is 11.5. The monoisotopic (exact) mass is 509 g/mol. The highest BCUT2D eigenvalue weighted by atomic mass is 79.9. The molecule has 1 atom stereocenters. The molecular weight excluding hydrogens is 490 g/mol. The molecule has 1 fully saturated rings. The topological polar surface area (TPSA) is 29.5 Å². The van der Waals surface area contributed by atoms with Gasteiger partial charge in [0.1, 0.15) is 17.1 Å². The van der Waals surface area contributed by atoms with Crippen molar-refractivity contribution in [1.29, 1.82) is 0 Å². The van der Waals surface area contributed by atoms with Crippen molar-refractivity contribution in [3.8, 4) is 5.75 Å². The quantitative estimate of drug-likeness (QED) is 0.526. The van der Waals surface area contributed by atoms with Crippen LogP contribution in [-0.4, -0.2) is 41.7 Å². The molecule has 2 aliphatic heterocycles. The third-order valence-corrected chi connectivity index (χ3v) is 7.51. The van der Waals surface area contributed by atoms with E-state index in [2.05, 4.69) is 67.9 Å². The van der Waals surface area contributed by atoms with Gasteiger partial charge in [0.2, 0.25) is 0 Å². The van der Waals surface area contributed by atoms with E-state index >= 15 is 0 Å². The van der Waals surface area contributed by atoms with Crippen molar-refractivity contribution in [1.82, 2.24) is 4.90 Å². The van der Waals surface area contributed by atoms with E-state index in [4.69, 9.17) is 4.74 Å². The Labute approximate surface area is 181 Å². The van der Waals surface area contributed by atoms with Crippen LogP contribution in [0.5, 0.6) is 5.75 Å². The van der Waals surface area contributed by atoms with Gasteiger partial charge in [0, 0.05) is 15.9 Å². The largest absolute Gasteiger partial charge is 0.490 e. The minimum atomic E-state index is -0.632. The summed E-state index contributed by atoms with van der Waals surface area (Å²) in [6.07, 6.45) is 2.40. The number of rotatable bonds is 4. The van der Waals surface area contributed by atoms with Gasteiger partial charge in [0.25, 0.3) is 0 Å². The number of nitrogens with zero attached hydrogens (tertiary/aromatic N) is 1. The number of fused-ring (bicyclic) bond motifs is 1. The fourth-order valence-corrected chi connectivity index (χ4v) is 6.37. The molecule has 0 spiro atoms. The Kier molecular flexibility index (Phi) is 5.70. The number of halogens is 2. The molecule has 0 aliphatic carbocycles. The van der Waals surface area contributed by atoms with Crippen LogP contribution in [0.3, 0.4) is 0 Å². The molecule has 0 amide bonds. The number of carbonyl (C=O) groups excluding carboxylic acids is 1. The Hall–Kier alpha value is -0.820. The van der Waals surface area contributed by atoms with Crippen LogP contribution in [-0.2, 0) is 0 Å². The second-order valence-corrected chi connectivity index (χ2v) is 10.5. The van der Waals surface area contributed by atoms with Crippen molar-refractivity contribution in [3.05, 3.63) is 56.5 Å². The van der Waals surface area contributed by atoms with Gasteiger partial charge in [-0.1, -0.05) is 33.6 Å². The van der Waals surface area contributed by atoms with Crippen molar-refractivity contribution in [3.63, 3.8) is 0 Å². The van der Waals surface area contributed by atoms with Crippen LogP contribution >= 0.6 is 43.6 Å². The van der Waals surface area contributed by atoms with Gasteiger partial charge >= 0.3 is 0 Å². The molecule has 2 aliphatic rings. The minimum absolute atomic E-state index is 0.156. The molecule has 4 rings (SSSR count). The molecule has 2 aromatic carbocycles. The van der Waals surface area contributed by atoms with Crippen LogP contribution in [0.2, 0.25) is 0 Å². The van der Waals surface area contributed by atoms with Crippen LogP contribution in [0.25, 0.3) is 0 Å². The molecule has 0 aromatic heterocycles. The van der Waals surface area contributed by atoms with Gasteiger partial charge < -0.3 is 9.64 Å². The van der Waals surface area contributed by atoms with Gasteiger partial charge in [-0.25, -0.2) is 0 Å². The molecule has 0 saturated carbocycles. The Bertz CT molecular complexity index is 865. The number of Topliss-reactive ketones (excluding diaryl/α,β-unsaturated/α-hetero) is 1. The molecule has 0 radical (unpaired) electrons. The summed E-state index contributed by atoms with van der Waals surface area (Å²) in [7, 11) is 0. The van der Waals surface area contributed by atoms with E-state index in [9.17, 15) is 4.79 Å². The van der Waals surface area contributed by atoms with Gasteiger partial charge in [-0.3, -0.25) is 4.79 Å². The maximum atomic E-state index is 13.7. The van der Waals surface area contributed by atoms with E-state index in [-0.39, 0.29) is 5.78 Å². The van der Waals surface area contributed by atoms with Crippen molar-refractivity contribution >= 4 is 49.4 Å². The van der Waals surface area contributed by atoms with E-state index in [1.807, 2.05) is 12.1 Å². The number of benzene rings is 2. The van der Waals surface area contributed by atoms with Gasteiger partial charge in [0.15, 0.2) is 5.78 Å². The number of likely N-dealkylation sites (tertiary alicyclic amines) is 1. The summed E-state index contributed by atoms with van der Waals surface area (Å²) in [5.41, 5.74) is 1.87. The maximum Gasteiger partial charge on any atom is 0.187 e. The Morgan fingerprint density at radius 3 is 2.56 bits per heavy atom. The maximum absolute atomic E-state index is 13.7. The zero-order chi connectivity index (χ0) is 19.0. The minimum Gasteiger partial charge on any atom is -0.490 e. The summed E-state index contributed by atoms with van der Waals surface area (Å²) >= 11 is 8.69. The van der Waals surface area contributed by atoms with E-state index in [0.717, 1.165) is 26.9 Å². The van der Waals surface area contributed by atoms with Crippen molar-refractivity contribution in [2.24, 2.45) is 0 Å². The molecule has 6 heteroatoms. The van der Waals surface area contributed by atoms with Crippen LogP contribution in [0, 0.1) is 6.92 Å². The average molecular weight is 511 g/mol. The SMILES string of the molecule is Cc1ccc(S[C@@]2(CN3CCCC3)COc3c(Br)cc(Br)cc3C2=O)cc1. The van der Waals surface area contributed by atoms with Crippen molar-refractivity contribution < 1.29 is 9.53 Å². The second-order valence-electron chi connectivity index (χ2n) is 7.27. The predicted octanol–water partition coefficient (Wildman–Crippen LogP) is 5.72. The van der Waals surface area contributed by atoms with Crippen molar-refractivity contribution in [2.45, 2.75) is 29.4 Å². The summed E-state index contributed by atoms with van der Waals surface area (Å²) in [5.74, 6) is 0.813. The third-order valence-electron chi connectivity index (χ3n) is 5.13. The standard InChI is InChI=1S/C21H21Br2NO2S/c1-14-4-6-16(7-5-14)27-21(12-24-8-2-3-9-24)13-26-19-17(20(21)25)10-15(22)11-18(19)23/h4-7,10-11H,2-3,8-9,12-13H2,1H3/t21-/m0/s1. The summed E-state index contributed by atoms with van der Waals surface area (Å²) in [6.45, 7) is 5.29. The lowest BCUT2D eigenvalue weighted by molar-refractivity contribution is 0.0831. The van der Waals surface area contributed by atoms with E-state index < -0.39 is 4.75 Å². The molecule has 0 bridgehead atoms. The molecule has 2 aromatic rings. The first-order valence-electron chi connectivity index (χ1n) is 9.11. The van der Waals surface area contributed by atoms with Gasteiger partial charge in [-0.15, -0.1) is 11.8 Å². The molecule has 3 nitrogen and oxygen atoms in total. The highest BCUT2D eigenvalue weighted by Gasteiger charge is 2.47. The predicted molar refractivity (Wildman–Crippen MR) is 117 cm³/mol. The number of ether oxygens (including phenoxy) is 1. The van der Waals surface area contributed by atoms with Crippen LogP contribution < -0.4 is 4.74 Å². The number of hydrogen-bond acceptors (Lipinski definition) is 4. The number of carbonyl (C=O) groups is 1. The first-order chi connectivity index (χ1) is 13.0. The van der Waals surface area contributed by atoms with Crippen LogP contribution in [0.15, 0.2) is 50.2 Å². The fourth-order valence-electron chi connectivity index (χ4n) is 3.73. The first kappa shape index (κ1) is 19.5. The summed E-state index contributed by atoms with van der Waals surface area (Å²) in [5, 5.41) is 0. The van der Waals surface area contributed by atoms with Gasteiger partial charge in [-0.05, 0) is 73.1 Å². The second kappa shape index (κ2) is 7.90. The lowest BCUT2D eigenvalue weighted by Gasteiger charge is -2.38. The highest BCUT2D eigenvalue weighted by Crippen LogP contribution is 2.45. The Balaban J connectivity index is 1.73. The van der Waals surface area contributed by atoms with Crippen LogP contribution in [0.1, 0.15) is 28.8 Å². The zero-order valence-electron chi connectivity index (χ0n) is 15.1. The molecule has 142 valence electrons. The molecule has 1 saturated heterocycles. The summed E-state index contributed by atoms with van der Waals surface area (Å²) in [6, 6.07) is 12.2. The fraction of sp³-hybridized carbons (Fsp3) is 0.381. The molecule has 27 heavy (non-hydrogen) atoms. The van der Waals surface area contributed by atoms with E-state index in [1.165, 1.54) is 18.4 Å². The lowest BCUT2D eigenvalue weighted by atomic mass is 9.93. The lowest BCUT2D eigenvalue weighted by Crippen LogP contribution is -2.52. The van der Waals surface area contributed by atoms with Gasteiger partial charge in [-0.2, -0.15) is 0 Å². The molecule has 0 unspecified atom stereocenters. The summed E-state index contributed by atoms with van der Waals surface area (Å²) < 4.78 is 7.23. The van der Waals surface area contributed by atoms with E-state index in [1.54, 1.807) is 11.8 Å². The molecule has 2 heterocycles. The van der Waals surface area contributed by atoms with Gasteiger partial charge in [0.05, 0.1) is 10.0 Å². The van der Waals surface area contributed by atoms with Crippen molar-refractivity contribution in [2.75, 3.05) is 26.2 Å². The van der Waals surface area contributed by atoms with Crippen LogP contribution in [0.4, 0.5) is 0 Å². The third kappa shape index (κ3) is 4.00. The normalized spacial score (nSPS) is 22.6. The smallest absolute Gasteiger partial charge is 0.187 e. The zero-order valence-corrected chi connectivity index (χ0v) is 19.1. The highest BCUT2D eigenvalue weighted by molar-refractivity contribution is 9.11. The molecular formula is C21H21Br2NO2S. The summed E-state index contributed by atoms with van der Waals surface area (Å²) in [4.78, 5) is 17.2. The van der Waals surface area contributed by atoms with E-state index in [0.29, 0.717) is 24.5 Å². The average Bonchev–Trinajstić information content (AvgIpc) is 3.13.